The molecule has 0 unspecified atom stereocenters. The molecule has 1 saturated heterocycles. The predicted molar refractivity (Wildman–Crippen MR) is 112 cm³/mol. The van der Waals surface area contributed by atoms with Gasteiger partial charge in [0.2, 0.25) is 5.91 Å². The standard InChI is InChI=1S/C22H28N4O3/c1-3-29-22(28)19-8-9-20(23-15-19)26-12-10-25(11-13-26)16-21(27)24-14-18-6-4-17(2)5-7-18/h4-9,15H,3,10-14,16H2,1-2H3,(H,24,27). The van der Waals surface area contributed by atoms with Crippen molar-refractivity contribution in [1.82, 2.24) is 15.2 Å². The van der Waals surface area contributed by atoms with Crippen LogP contribution >= 0.6 is 0 Å². The lowest BCUT2D eigenvalue weighted by atomic mass is 10.1. The van der Waals surface area contributed by atoms with Gasteiger partial charge in [0.15, 0.2) is 0 Å². The zero-order chi connectivity index (χ0) is 20.6. The van der Waals surface area contributed by atoms with Gasteiger partial charge in [0.25, 0.3) is 0 Å². The topological polar surface area (TPSA) is 74.8 Å². The molecule has 1 fully saturated rings. The van der Waals surface area contributed by atoms with Crippen LogP contribution in [0.2, 0.25) is 0 Å². The fraction of sp³-hybridized carbons (Fsp3) is 0.409. The molecule has 1 aromatic carbocycles. The second kappa shape index (κ2) is 10.0. The minimum atomic E-state index is -0.354. The molecule has 29 heavy (non-hydrogen) atoms. The third-order valence-corrected chi connectivity index (χ3v) is 4.93. The van der Waals surface area contributed by atoms with Crippen molar-refractivity contribution in [2.24, 2.45) is 0 Å². The summed E-state index contributed by atoms with van der Waals surface area (Å²) in [6.07, 6.45) is 1.55. The Morgan fingerprint density at radius 2 is 1.79 bits per heavy atom. The highest BCUT2D eigenvalue weighted by Crippen LogP contribution is 2.14. The van der Waals surface area contributed by atoms with Crippen LogP contribution < -0.4 is 10.2 Å². The third-order valence-electron chi connectivity index (χ3n) is 4.93. The number of piperazine rings is 1. The quantitative estimate of drug-likeness (QED) is 0.722. The largest absolute Gasteiger partial charge is 0.462 e. The number of esters is 1. The molecule has 1 amide bonds. The minimum Gasteiger partial charge on any atom is -0.462 e. The number of nitrogens with zero attached hydrogens (tertiary/aromatic N) is 3. The summed E-state index contributed by atoms with van der Waals surface area (Å²) < 4.78 is 4.98. The first-order valence-electron chi connectivity index (χ1n) is 9.98. The van der Waals surface area contributed by atoms with Crippen LogP contribution in [0.4, 0.5) is 5.82 Å². The Morgan fingerprint density at radius 1 is 1.07 bits per heavy atom. The van der Waals surface area contributed by atoms with Crippen molar-refractivity contribution in [2.75, 3.05) is 44.2 Å². The summed E-state index contributed by atoms with van der Waals surface area (Å²) in [7, 11) is 0. The number of ether oxygens (including phenoxy) is 1. The lowest BCUT2D eigenvalue weighted by Gasteiger charge is -2.35. The highest BCUT2D eigenvalue weighted by Gasteiger charge is 2.20. The average Bonchev–Trinajstić information content (AvgIpc) is 2.74. The number of carbonyl (C=O) groups is 2. The summed E-state index contributed by atoms with van der Waals surface area (Å²) >= 11 is 0. The first kappa shape index (κ1) is 20.8. The van der Waals surface area contributed by atoms with Crippen LogP contribution in [-0.4, -0.2) is 61.1 Å². The van der Waals surface area contributed by atoms with Crippen LogP contribution in [-0.2, 0) is 16.1 Å². The summed E-state index contributed by atoms with van der Waals surface area (Å²) in [6, 6.07) is 11.8. The monoisotopic (exact) mass is 396 g/mol. The number of pyridine rings is 1. The normalized spacial score (nSPS) is 14.5. The van der Waals surface area contributed by atoms with Gasteiger partial charge in [0, 0.05) is 38.9 Å². The Labute approximate surface area is 171 Å². The number of benzene rings is 1. The fourth-order valence-electron chi connectivity index (χ4n) is 3.21. The zero-order valence-electron chi connectivity index (χ0n) is 17.1. The number of rotatable bonds is 7. The number of hydrogen-bond donors (Lipinski definition) is 1. The Balaban J connectivity index is 1.42. The van der Waals surface area contributed by atoms with Crippen molar-refractivity contribution in [3.05, 3.63) is 59.3 Å². The number of hydrogen-bond acceptors (Lipinski definition) is 6. The molecular weight excluding hydrogens is 368 g/mol. The second-order valence-corrected chi connectivity index (χ2v) is 7.15. The number of aromatic nitrogens is 1. The van der Waals surface area contributed by atoms with Gasteiger partial charge < -0.3 is 15.0 Å². The van der Waals surface area contributed by atoms with Crippen LogP contribution in [0, 0.1) is 6.92 Å². The van der Waals surface area contributed by atoms with Crippen LogP contribution in [0.15, 0.2) is 42.6 Å². The van der Waals surface area contributed by atoms with Crippen molar-refractivity contribution >= 4 is 17.7 Å². The first-order valence-corrected chi connectivity index (χ1v) is 9.98. The summed E-state index contributed by atoms with van der Waals surface area (Å²) in [5, 5.41) is 2.99. The Hall–Kier alpha value is -2.93. The molecule has 7 nitrogen and oxygen atoms in total. The zero-order valence-corrected chi connectivity index (χ0v) is 17.1. The molecule has 1 aliphatic heterocycles. The molecule has 0 radical (unpaired) electrons. The molecule has 2 aromatic rings. The Kier molecular flexibility index (Phi) is 7.19. The maximum atomic E-state index is 12.2. The van der Waals surface area contributed by atoms with Crippen molar-refractivity contribution < 1.29 is 14.3 Å². The second-order valence-electron chi connectivity index (χ2n) is 7.15. The molecule has 1 N–H and O–H groups in total. The maximum Gasteiger partial charge on any atom is 0.339 e. The smallest absolute Gasteiger partial charge is 0.339 e. The molecule has 7 heteroatoms. The van der Waals surface area contributed by atoms with E-state index in [0.29, 0.717) is 25.3 Å². The van der Waals surface area contributed by atoms with Crippen LogP contribution in [0.25, 0.3) is 0 Å². The highest BCUT2D eigenvalue weighted by molar-refractivity contribution is 5.89. The van der Waals surface area contributed by atoms with Crippen LogP contribution in [0.5, 0.6) is 0 Å². The van der Waals surface area contributed by atoms with Gasteiger partial charge in [-0.25, -0.2) is 9.78 Å². The number of anilines is 1. The molecule has 0 atom stereocenters. The third kappa shape index (κ3) is 6.02. The van der Waals surface area contributed by atoms with Gasteiger partial charge >= 0.3 is 5.97 Å². The van der Waals surface area contributed by atoms with Gasteiger partial charge in [-0.15, -0.1) is 0 Å². The molecule has 0 aliphatic carbocycles. The van der Waals surface area contributed by atoms with E-state index in [2.05, 4.69) is 20.1 Å². The lowest BCUT2D eigenvalue weighted by Crippen LogP contribution is -2.49. The van der Waals surface area contributed by atoms with E-state index < -0.39 is 0 Å². The summed E-state index contributed by atoms with van der Waals surface area (Å²) in [6.45, 7) is 8.28. The Bertz CT molecular complexity index is 813. The van der Waals surface area contributed by atoms with E-state index in [1.165, 1.54) is 5.56 Å². The number of aryl methyl sites for hydroxylation is 1. The van der Waals surface area contributed by atoms with E-state index in [1.54, 1.807) is 19.2 Å². The average molecular weight is 396 g/mol. The molecule has 0 spiro atoms. The van der Waals surface area contributed by atoms with E-state index in [4.69, 9.17) is 4.74 Å². The van der Waals surface area contributed by atoms with E-state index in [9.17, 15) is 9.59 Å². The molecule has 3 rings (SSSR count). The van der Waals surface area contributed by atoms with Gasteiger partial charge in [-0.3, -0.25) is 9.69 Å². The molecule has 2 heterocycles. The summed E-state index contributed by atoms with van der Waals surface area (Å²) in [5.41, 5.74) is 2.77. The molecule has 0 bridgehead atoms. The predicted octanol–water partition coefficient (Wildman–Crippen LogP) is 2.01. The highest BCUT2D eigenvalue weighted by atomic mass is 16.5. The van der Waals surface area contributed by atoms with Crippen molar-refractivity contribution in [2.45, 2.75) is 20.4 Å². The van der Waals surface area contributed by atoms with Gasteiger partial charge in [-0.05, 0) is 31.5 Å². The minimum absolute atomic E-state index is 0.0379. The van der Waals surface area contributed by atoms with Gasteiger partial charge in [0.05, 0.1) is 18.7 Å². The van der Waals surface area contributed by atoms with E-state index in [0.717, 1.165) is 37.6 Å². The van der Waals surface area contributed by atoms with Crippen LogP contribution in [0.1, 0.15) is 28.4 Å². The summed E-state index contributed by atoms with van der Waals surface area (Å²) in [4.78, 5) is 32.6. The van der Waals surface area contributed by atoms with E-state index in [1.807, 2.05) is 37.3 Å². The van der Waals surface area contributed by atoms with Crippen LogP contribution in [0.3, 0.4) is 0 Å². The summed E-state index contributed by atoms with van der Waals surface area (Å²) in [5.74, 6) is 0.519. The molecule has 1 aromatic heterocycles. The van der Waals surface area contributed by atoms with Gasteiger partial charge in [-0.2, -0.15) is 0 Å². The van der Waals surface area contributed by atoms with Crippen molar-refractivity contribution in [1.29, 1.82) is 0 Å². The van der Waals surface area contributed by atoms with Gasteiger partial charge in [-0.1, -0.05) is 29.8 Å². The van der Waals surface area contributed by atoms with E-state index in [-0.39, 0.29) is 11.9 Å². The van der Waals surface area contributed by atoms with Crippen molar-refractivity contribution in [3.8, 4) is 0 Å². The Morgan fingerprint density at radius 3 is 2.41 bits per heavy atom. The van der Waals surface area contributed by atoms with Gasteiger partial charge in [0.1, 0.15) is 5.82 Å². The molecule has 1 aliphatic rings. The molecule has 154 valence electrons. The molecule has 0 saturated carbocycles. The van der Waals surface area contributed by atoms with Crippen molar-refractivity contribution in [3.63, 3.8) is 0 Å². The van der Waals surface area contributed by atoms with E-state index >= 15 is 0 Å². The SMILES string of the molecule is CCOC(=O)c1ccc(N2CCN(CC(=O)NCc3ccc(C)cc3)CC2)nc1. The maximum absolute atomic E-state index is 12.2. The number of carbonyl (C=O) groups excluding carboxylic acids is 2. The number of nitrogens with one attached hydrogen (secondary N) is 1. The lowest BCUT2D eigenvalue weighted by molar-refractivity contribution is -0.122. The first-order chi connectivity index (χ1) is 14.0. The molecular formula is C22H28N4O3. The number of amides is 1. The fourth-order valence-corrected chi connectivity index (χ4v) is 3.21.